The van der Waals surface area contributed by atoms with Crippen LogP contribution in [0.5, 0.6) is 0 Å². The van der Waals surface area contributed by atoms with Crippen molar-refractivity contribution in [3.8, 4) is 0 Å². The van der Waals surface area contributed by atoms with Crippen LogP contribution < -0.4 is 0 Å². The summed E-state index contributed by atoms with van der Waals surface area (Å²) in [6.45, 7) is 1.87. The molecular weight excluding hydrogens is 184 g/mol. The molecule has 0 aromatic carbocycles. The molecule has 0 unspecified atom stereocenters. The fourth-order valence-electron chi connectivity index (χ4n) is 1.32. The minimum atomic E-state index is -0.540. The molecule has 1 aromatic rings. The zero-order chi connectivity index (χ0) is 10.7. The monoisotopic (exact) mass is 196 g/mol. The Morgan fingerprint density at radius 1 is 1.64 bits per heavy atom. The van der Waals surface area contributed by atoms with Gasteiger partial charge in [0.15, 0.2) is 12.0 Å². The van der Waals surface area contributed by atoms with Crippen molar-refractivity contribution in [2.45, 2.75) is 13.3 Å². The summed E-state index contributed by atoms with van der Waals surface area (Å²) in [7, 11) is 2.88. The first-order valence-corrected chi connectivity index (χ1v) is 4.25. The van der Waals surface area contributed by atoms with Gasteiger partial charge in [0.25, 0.3) is 0 Å². The molecule has 0 N–H and O–H groups in total. The summed E-state index contributed by atoms with van der Waals surface area (Å²) in [5.74, 6) is -0.540. The lowest BCUT2D eigenvalue weighted by Gasteiger charge is -1.99. The van der Waals surface area contributed by atoms with Crippen LogP contribution in [0.2, 0.25) is 0 Å². The largest absolute Gasteiger partial charge is 0.464 e. The highest BCUT2D eigenvalue weighted by atomic mass is 16.5. The molecule has 0 saturated heterocycles. The molecule has 5 nitrogen and oxygen atoms in total. The van der Waals surface area contributed by atoms with Gasteiger partial charge in [-0.3, -0.25) is 9.48 Å². The Balaban J connectivity index is 3.33. The third-order valence-corrected chi connectivity index (χ3v) is 1.99. The quantitative estimate of drug-likeness (QED) is 0.524. The number of ether oxygens (including phenoxy) is 1. The average Bonchev–Trinajstić information content (AvgIpc) is 2.53. The van der Waals surface area contributed by atoms with E-state index in [2.05, 4.69) is 9.84 Å². The molecule has 5 heteroatoms. The van der Waals surface area contributed by atoms with Crippen molar-refractivity contribution in [2.75, 3.05) is 7.11 Å². The molecule has 0 amide bonds. The van der Waals surface area contributed by atoms with Gasteiger partial charge in [0, 0.05) is 7.05 Å². The molecule has 1 rings (SSSR count). The van der Waals surface area contributed by atoms with Gasteiger partial charge in [-0.15, -0.1) is 0 Å². The van der Waals surface area contributed by atoms with E-state index in [-0.39, 0.29) is 5.69 Å². The Morgan fingerprint density at radius 2 is 2.29 bits per heavy atom. The van der Waals surface area contributed by atoms with E-state index < -0.39 is 5.97 Å². The molecule has 14 heavy (non-hydrogen) atoms. The van der Waals surface area contributed by atoms with Gasteiger partial charge in [-0.25, -0.2) is 4.79 Å². The summed E-state index contributed by atoms with van der Waals surface area (Å²) in [5.41, 5.74) is 1.14. The third-order valence-electron chi connectivity index (χ3n) is 1.99. The second kappa shape index (κ2) is 4.04. The molecule has 0 radical (unpaired) electrons. The van der Waals surface area contributed by atoms with E-state index in [9.17, 15) is 9.59 Å². The molecule has 0 saturated carbocycles. The Hall–Kier alpha value is -1.65. The number of hydrogen-bond donors (Lipinski definition) is 0. The molecular formula is C9H12N2O3. The molecule has 0 atom stereocenters. The van der Waals surface area contributed by atoms with E-state index in [0.717, 1.165) is 0 Å². The van der Waals surface area contributed by atoms with E-state index in [1.54, 1.807) is 7.05 Å². The van der Waals surface area contributed by atoms with Gasteiger partial charge in [0.2, 0.25) is 0 Å². The Kier molecular flexibility index (Phi) is 3.01. The van der Waals surface area contributed by atoms with Crippen molar-refractivity contribution in [2.24, 2.45) is 7.05 Å². The van der Waals surface area contributed by atoms with Crippen LogP contribution >= 0.6 is 0 Å². The van der Waals surface area contributed by atoms with Crippen molar-refractivity contribution in [3.05, 3.63) is 17.0 Å². The van der Waals surface area contributed by atoms with Gasteiger partial charge < -0.3 is 4.74 Å². The minimum absolute atomic E-state index is 0.208. The normalized spacial score (nSPS) is 9.93. The lowest BCUT2D eigenvalue weighted by molar-refractivity contribution is 0.0586. The maximum atomic E-state index is 11.3. The summed E-state index contributed by atoms with van der Waals surface area (Å²) >= 11 is 0. The minimum Gasteiger partial charge on any atom is -0.464 e. The summed E-state index contributed by atoms with van der Waals surface area (Å²) < 4.78 is 5.93. The van der Waals surface area contributed by atoms with Crippen molar-refractivity contribution in [1.82, 2.24) is 9.78 Å². The highest BCUT2D eigenvalue weighted by Crippen LogP contribution is 2.12. The summed E-state index contributed by atoms with van der Waals surface area (Å²) in [6.07, 6.45) is 1.25. The predicted molar refractivity (Wildman–Crippen MR) is 49.3 cm³/mol. The first-order chi connectivity index (χ1) is 6.65. The number of carbonyl (C=O) groups is 2. The topological polar surface area (TPSA) is 61.2 Å². The van der Waals surface area contributed by atoms with Gasteiger partial charge in [-0.05, 0) is 6.42 Å². The fraction of sp³-hybridized carbons (Fsp3) is 0.444. The number of methoxy groups -OCH3 is 1. The van der Waals surface area contributed by atoms with Crippen molar-refractivity contribution in [3.63, 3.8) is 0 Å². The van der Waals surface area contributed by atoms with E-state index >= 15 is 0 Å². The molecule has 1 heterocycles. The molecule has 76 valence electrons. The number of esters is 1. The summed E-state index contributed by atoms with van der Waals surface area (Å²) in [6, 6.07) is 0. The SMILES string of the molecule is CCc1nn(C)c(C(=O)OC)c1C=O. The highest BCUT2D eigenvalue weighted by Gasteiger charge is 2.20. The van der Waals surface area contributed by atoms with Gasteiger partial charge in [0.1, 0.15) is 0 Å². The standard InChI is InChI=1S/C9H12N2O3/c1-4-7-6(5-12)8(9(13)14-3)11(2)10-7/h5H,4H2,1-3H3. The third kappa shape index (κ3) is 1.53. The van der Waals surface area contributed by atoms with E-state index in [1.807, 2.05) is 6.92 Å². The predicted octanol–water partition coefficient (Wildman–Crippen LogP) is 0.582. The summed E-state index contributed by atoms with van der Waals surface area (Å²) in [5, 5.41) is 4.05. The maximum Gasteiger partial charge on any atom is 0.357 e. The second-order valence-electron chi connectivity index (χ2n) is 2.80. The number of nitrogens with zero attached hydrogens (tertiary/aromatic N) is 2. The smallest absolute Gasteiger partial charge is 0.357 e. The average molecular weight is 196 g/mol. The van der Waals surface area contributed by atoms with Crippen molar-refractivity contribution < 1.29 is 14.3 Å². The fourth-order valence-corrected chi connectivity index (χ4v) is 1.32. The molecule has 0 aliphatic rings. The number of hydrogen-bond acceptors (Lipinski definition) is 4. The zero-order valence-electron chi connectivity index (χ0n) is 8.40. The van der Waals surface area contributed by atoms with Crippen LogP contribution in [0.4, 0.5) is 0 Å². The van der Waals surface area contributed by atoms with E-state index in [1.165, 1.54) is 11.8 Å². The molecule has 0 fully saturated rings. The van der Waals surface area contributed by atoms with Gasteiger partial charge in [-0.1, -0.05) is 6.92 Å². The van der Waals surface area contributed by atoms with Crippen LogP contribution in [-0.2, 0) is 18.2 Å². The van der Waals surface area contributed by atoms with E-state index in [0.29, 0.717) is 24.0 Å². The number of carbonyl (C=O) groups excluding carboxylic acids is 2. The highest BCUT2D eigenvalue weighted by molar-refractivity contribution is 5.97. The number of aromatic nitrogens is 2. The Bertz CT molecular complexity index is 368. The first-order valence-electron chi connectivity index (χ1n) is 4.25. The van der Waals surface area contributed by atoms with Crippen molar-refractivity contribution >= 4 is 12.3 Å². The molecule has 0 aliphatic heterocycles. The molecule has 0 bridgehead atoms. The van der Waals surface area contributed by atoms with Gasteiger partial charge in [-0.2, -0.15) is 5.10 Å². The van der Waals surface area contributed by atoms with Crippen LogP contribution in [0.1, 0.15) is 33.5 Å². The van der Waals surface area contributed by atoms with Crippen molar-refractivity contribution in [1.29, 1.82) is 0 Å². The number of rotatable bonds is 3. The van der Waals surface area contributed by atoms with Crippen LogP contribution in [0.3, 0.4) is 0 Å². The maximum absolute atomic E-state index is 11.3. The lowest BCUT2D eigenvalue weighted by atomic mass is 10.1. The van der Waals surface area contributed by atoms with Gasteiger partial charge in [0.05, 0.1) is 18.4 Å². The summed E-state index contributed by atoms with van der Waals surface area (Å²) in [4.78, 5) is 22.1. The number of aryl methyl sites for hydroxylation is 2. The van der Waals surface area contributed by atoms with Gasteiger partial charge >= 0.3 is 5.97 Å². The molecule has 0 spiro atoms. The first kappa shape index (κ1) is 10.4. The van der Waals surface area contributed by atoms with E-state index in [4.69, 9.17) is 0 Å². The Morgan fingerprint density at radius 3 is 2.71 bits per heavy atom. The second-order valence-corrected chi connectivity index (χ2v) is 2.80. The molecule has 1 aromatic heterocycles. The van der Waals surface area contributed by atoms with Crippen LogP contribution in [0, 0.1) is 0 Å². The zero-order valence-corrected chi connectivity index (χ0v) is 8.40. The molecule has 0 aliphatic carbocycles. The number of aldehydes is 1. The van der Waals surface area contributed by atoms with Crippen LogP contribution in [0.15, 0.2) is 0 Å². The van der Waals surface area contributed by atoms with Crippen LogP contribution in [0.25, 0.3) is 0 Å². The van der Waals surface area contributed by atoms with Crippen LogP contribution in [-0.4, -0.2) is 29.1 Å². The Labute approximate surface area is 81.7 Å². The lowest BCUT2D eigenvalue weighted by Crippen LogP contribution is -2.10.